The maximum absolute atomic E-state index is 14.3. The molecular formula is C38H46ClN5O7S2. The molecule has 1 aromatic carbocycles. The van der Waals surface area contributed by atoms with E-state index in [-0.39, 0.29) is 37.0 Å². The highest BCUT2D eigenvalue weighted by atomic mass is 35.5. The first kappa shape index (κ1) is 37.6. The first-order valence-electron chi connectivity index (χ1n) is 18.3. The summed E-state index contributed by atoms with van der Waals surface area (Å²) in [5.74, 6) is -2.14. The van der Waals surface area contributed by atoms with Crippen molar-refractivity contribution in [1.29, 1.82) is 0 Å². The fraction of sp³-hybridized carbons (Fsp3) is 0.553. The van der Waals surface area contributed by atoms with Crippen LogP contribution in [0.4, 0.5) is 0 Å². The maximum Gasteiger partial charge on any atom is 0.259 e. The summed E-state index contributed by atoms with van der Waals surface area (Å²) in [5.41, 5.74) is 0.556. The molecule has 3 amide bonds. The molecule has 2 N–H and O–H groups in total. The number of hydrogen-bond donors (Lipinski definition) is 2. The lowest BCUT2D eigenvalue weighted by Gasteiger charge is -2.27. The number of benzene rings is 1. The van der Waals surface area contributed by atoms with E-state index in [4.69, 9.17) is 31.0 Å². The van der Waals surface area contributed by atoms with Crippen molar-refractivity contribution in [2.75, 3.05) is 20.7 Å². The lowest BCUT2D eigenvalue weighted by molar-refractivity contribution is -0.140. The van der Waals surface area contributed by atoms with E-state index in [1.54, 1.807) is 24.9 Å². The Labute approximate surface area is 319 Å². The van der Waals surface area contributed by atoms with Gasteiger partial charge < -0.3 is 19.7 Å². The van der Waals surface area contributed by atoms with Crippen LogP contribution in [0.25, 0.3) is 21.6 Å². The molecule has 0 spiro atoms. The molecule has 7 rings (SSSR count). The quantitative estimate of drug-likeness (QED) is 0.262. The highest BCUT2D eigenvalue weighted by Crippen LogP contribution is 2.49. The van der Waals surface area contributed by atoms with E-state index in [1.807, 2.05) is 29.7 Å². The first-order valence-corrected chi connectivity index (χ1v) is 21.0. The zero-order chi connectivity index (χ0) is 37.9. The molecule has 284 valence electrons. The monoisotopic (exact) mass is 783 g/mol. The number of pyridine rings is 1. The van der Waals surface area contributed by atoms with Gasteiger partial charge >= 0.3 is 0 Å². The Bertz CT molecular complexity index is 2100. The van der Waals surface area contributed by atoms with Crippen molar-refractivity contribution in [3.63, 3.8) is 0 Å². The van der Waals surface area contributed by atoms with Crippen LogP contribution >= 0.6 is 22.9 Å². The number of halogens is 1. The minimum absolute atomic E-state index is 0.170. The predicted octanol–water partition coefficient (Wildman–Crippen LogP) is 5.99. The van der Waals surface area contributed by atoms with Crippen LogP contribution in [0.3, 0.4) is 0 Å². The number of fused-ring (bicyclic) bond motifs is 3. The summed E-state index contributed by atoms with van der Waals surface area (Å²) in [6.45, 7) is 6.30. The minimum atomic E-state index is -3.94. The smallest absolute Gasteiger partial charge is 0.259 e. The molecule has 12 nitrogen and oxygen atoms in total. The zero-order valence-electron chi connectivity index (χ0n) is 30.6. The molecule has 0 bridgehead atoms. The van der Waals surface area contributed by atoms with E-state index < -0.39 is 50.1 Å². The number of allylic oxidation sites excluding steroid dienone is 1. The lowest BCUT2D eigenvalue weighted by Crippen LogP contribution is -2.55. The zero-order valence-corrected chi connectivity index (χ0v) is 33.0. The van der Waals surface area contributed by atoms with Crippen molar-refractivity contribution in [2.24, 2.45) is 17.8 Å². The van der Waals surface area contributed by atoms with E-state index in [2.05, 4.69) is 23.9 Å². The van der Waals surface area contributed by atoms with Gasteiger partial charge in [-0.2, -0.15) is 0 Å². The summed E-state index contributed by atoms with van der Waals surface area (Å²) >= 11 is 8.27. The Hall–Kier alpha value is -3.75. The van der Waals surface area contributed by atoms with Gasteiger partial charge in [-0.05, 0) is 76.3 Å². The third-order valence-corrected chi connectivity index (χ3v) is 14.7. The standard InChI is InChI=1S/C38H46ClN5O7S2/c1-21(2)28-20-52-34(41-28)27-18-30(24-11-12-29(50-5)31(39)32(24)40-27)51-23-16-25-26(17-23)35(46)44(4)15-9-7-6-8-10-22-19-38(22,42-33(25)45)36(47)43-53(48,49)37(3)13-14-37/h8,10-12,18,20-23,25-26H,6-7,9,13-17,19H2,1-5H3,(H,42,45)(H,43,47)/b10-8-/t22-,23?,25-,26-,38-/m1/s1. The second-order valence-corrected chi connectivity index (χ2v) is 18.9. The molecule has 3 fully saturated rings. The van der Waals surface area contributed by atoms with E-state index in [0.717, 1.165) is 25.0 Å². The second-order valence-electron chi connectivity index (χ2n) is 15.5. The number of nitrogens with one attached hydrogen (secondary N) is 2. The Morgan fingerprint density at radius 2 is 1.89 bits per heavy atom. The van der Waals surface area contributed by atoms with Gasteiger partial charge in [0.2, 0.25) is 21.8 Å². The minimum Gasteiger partial charge on any atom is -0.495 e. The summed E-state index contributed by atoms with van der Waals surface area (Å²) in [5, 5.41) is 6.62. The number of hydrogen-bond acceptors (Lipinski definition) is 10. The van der Waals surface area contributed by atoms with Crippen LogP contribution in [-0.4, -0.2) is 78.1 Å². The fourth-order valence-corrected chi connectivity index (χ4v) is 9.95. The van der Waals surface area contributed by atoms with E-state index >= 15 is 0 Å². The van der Waals surface area contributed by atoms with Crippen molar-refractivity contribution in [3.8, 4) is 22.2 Å². The number of amides is 3. The third kappa shape index (κ3) is 7.14. The molecule has 4 aliphatic rings. The van der Waals surface area contributed by atoms with Crippen LogP contribution in [0.2, 0.25) is 5.02 Å². The van der Waals surface area contributed by atoms with Crippen LogP contribution < -0.4 is 19.5 Å². The van der Waals surface area contributed by atoms with Crippen molar-refractivity contribution < 1.29 is 32.3 Å². The molecule has 3 aromatic rings. The number of sulfonamides is 1. The van der Waals surface area contributed by atoms with Gasteiger partial charge in [-0.3, -0.25) is 19.1 Å². The van der Waals surface area contributed by atoms with Crippen molar-refractivity contribution in [3.05, 3.63) is 46.4 Å². The molecule has 1 aliphatic heterocycles. The van der Waals surface area contributed by atoms with Crippen molar-refractivity contribution in [2.45, 2.75) is 94.4 Å². The largest absolute Gasteiger partial charge is 0.495 e. The molecule has 5 atom stereocenters. The highest BCUT2D eigenvalue weighted by molar-refractivity contribution is 7.91. The number of aromatic nitrogens is 2. The highest BCUT2D eigenvalue weighted by Gasteiger charge is 2.63. The van der Waals surface area contributed by atoms with Gasteiger partial charge in [0, 0.05) is 36.3 Å². The number of nitrogens with zero attached hydrogens (tertiary/aromatic N) is 3. The van der Waals surface area contributed by atoms with Gasteiger partial charge in [-0.25, -0.2) is 18.4 Å². The molecule has 3 saturated carbocycles. The fourth-order valence-electron chi connectivity index (χ4n) is 7.41. The molecule has 0 radical (unpaired) electrons. The normalized spacial score (nSPS) is 27.7. The van der Waals surface area contributed by atoms with E-state index in [1.165, 1.54) is 18.4 Å². The Morgan fingerprint density at radius 1 is 1.13 bits per heavy atom. The summed E-state index contributed by atoms with van der Waals surface area (Å²) in [6, 6.07) is 5.39. The summed E-state index contributed by atoms with van der Waals surface area (Å²) in [6.07, 6.45) is 7.33. The number of methoxy groups -OCH3 is 1. The topological polar surface area (TPSA) is 157 Å². The molecule has 0 saturated heterocycles. The van der Waals surface area contributed by atoms with Gasteiger partial charge in [-0.1, -0.05) is 37.6 Å². The molecule has 2 aromatic heterocycles. The summed E-state index contributed by atoms with van der Waals surface area (Å²) < 4.78 is 39.7. The number of carbonyl (C=O) groups excluding carboxylic acids is 3. The van der Waals surface area contributed by atoms with Gasteiger partial charge in [0.1, 0.15) is 38.9 Å². The van der Waals surface area contributed by atoms with Gasteiger partial charge in [0.25, 0.3) is 5.91 Å². The molecular weight excluding hydrogens is 738 g/mol. The Kier molecular flexibility index (Phi) is 10.0. The Balaban J connectivity index is 1.21. The first-order chi connectivity index (χ1) is 25.2. The molecule has 1 unspecified atom stereocenters. The number of ether oxygens (including phenoxy) is 2. The third-order valence-electron chi connectivity index (χ3n) is 11.3. The predicted molar refractivity (Wildman–Crippen MR) is 203 cm³/mol. The van der Waals surface area contributed by atoms with Gasteiger partial charge in [-0.15, -0.1) is 11.3 Å². The number of rotatable bonds is 8. The molecule has 15 heteroatoms. The van der Waals surface area contributed by atoms with Crippen LogP contribution in [0, 0.1) is 17.8 Å². The van der Waals surface area contributed by atoms with Crippen molar-refractivity contribution in [1.82, 2.24) is 24.9 Å². The number of carbonyl (C=O) groups is 3. The number of thiazole rings is 1. The molecule has 3 aliphatic carbocycles. The molecule has 3 heterocycles. The summed E-state index contributed by atoms with van der Waals surface area (Å²) in [7, 11) is -0.652. The average molecular weight is 784 g/mol. The van der Waals surface area contributed by atoms with Crippen molar-refractivity contribution >= 4 is 61.6 Å². The van der Waals surface area contributed by atoms with Crippen LogP contribution in [0.1, 0.15) is 83.7 Å². The van der Waals surface area contributed by atoms with Crippen LogP contribution in [0.5, 0.6) is 11.5 Å². The van der Waals surface area contributed by atoms with Gasteiger partial charge in [0.15, 0.2) is 0 Å². The lowest BCUT2D eigenvalue weighted by atomic mass is 9.93. The van der Waals surface area contributed by atoms with E-state index in [9.17, 15) is 22.8 Å². The average Bonchev–Trinajstić information content (AvgIpc) is 3.89. The molecule has 53 heavy (non-hydrogen) atoms. The summed E-state index contributed by atoms with van der Waals surface area (Å²) in [4.78, 5) is 53.5. The Morgan fingerprint density at radius 3 is 2.58 bits per heavy atom. The maximum atomic E-state index is 14.3. The SMILES string of the molecule is COc1ccc2c(OC3C[C@H]4C(=O)N[C@]5(C(=O)NS(=O)(=O)C6(C)CC6)C[C@H]5/C=C\CCCCN(C)C(=O)[C@@H]4C3)cc(-c3nc(C(C)C)cs3)nc2c1Cl. The van der Waals surface area contributed by atoms with Crippen LogP contribution in [-0.2, 0) is 24.4 Å². The van der Waals surface area contributed by atoms with Gasteiger partial charge in [0.05, 0.1) is 34.9 Å². The second kappa shape index (κ2) is 14.2. The van der Waals surface area contributed by atoms with Crippen LogP contribution in [0.15, 0.2) is 35.7 Å². The van der Waals surface area contributed by atoms with E-state index in [0.29, 0.717) is 57.5 Å².